The van der Waals surface area contributed by atoms with Gasteiger partial charge in [-0.2, -0.15) is 13.2 Å². The van der Waals surface area contributed by atoms with E-state index in [4.69, 9.17) is 10.3 Å². The fourth-order valence-electron chi connectivity index (χ4n) is 1.20. The third kappa shape index (κ3) is 3.09. The second kappa shape index (κ2) is 5.25. The van der Waals surface area contributed by atoms with Gasteiger partial charge in [-0.3, -0.25) is 5.73 Å². The van der Waals surface area contributed by atoms with Crippen LogP contribution < -0.4 is 5.73 Å². The number of nitrogens with zero attached hydrogens (tertiary/aromatic N) is 3. The number of nitrogens with two attached hydrogens (primary N) is 1. The first-order valence-electron chi connectivity index (χ1n) is 5.15. The lowest BCUT2D eigenvalue weighted by Crippen LogP contribution is -2.29. The maximum Gasteiger partial charge on any atom is 0.490 e. The number of aromatic nitrogens is 3. The largest absolute Gasteiger partial charge is 0.490 e. The van der Waals surface area contributed by atoms with Crippen LogP contribution in [0.1, 0.15) is 12.0 Å². The highest BCUT2D eigenvalue weighted by Crippen LogP contribution is 2.23. The average Bonchev–Trinajstić information content (AvgIpc) is 2.88. The van der Waals surface area contributed by atoms with Crippen molar-refractivity contribution >= 4 is 5.97 Å². The Kier molecular flexibility index (Phi) is 3.66. The molecule has 1 atom stereocenters. The third-order valence-electron chi connectivity index (χ3n) is 2.07. The second-order valence-corrected chi connectivity index (χ2v) is 3.51. The van der Waals surface area contributed by atoms with Gasteiger partial charge in [-0.05, 0) is 6.07 Å². The first kappa shape index (κ1) is 13.9. The number of hydrogen-bond acceptors (Lipinski definition) is 7. The smallest absolute Gasteiger partial charge is 0.432 e. The van der Waals surface area contributed by atoms with E-state index in [9.17, 15) is 18.0 Å². The maximum atomic E-state index is 12.0. The molecule has 2 N–H and O–H groups in total. The molecule has 2 aromatic heterocycles. The Morgan fingerprint density at radius 2 is 2.00 bits per heavy atom. The number of rotatable bonds is 3. The summed E-state index contributed by atoms with van der Waals surface area (Å²) in [5.74, 6) is -2.49. The molecular formula is C10H7F3N4O3. The molecule has 1 unspecified atom stereocenters. The van der Waals surface area contributed by atoms with Crippen LogP contribution in [0.15, 0.2) is 29.0 Å². The van der Waals surface area contributed by atoms with Crippen LogP contribution in [-0.2, 0) is 9.53 Å². The Bertz CT molecular complexity index is 599. The Balaban J connectivity index is 2.11. The predicted octanol–water partition coefficient (Wildman–Crippen LogP) is 1.19. The Hall–Kier alpha value is -2.49. The SMILES string of the molecule is NC(OC(=O)C(F)(F)F)c1cc(-c2ncccn2)no1. The monoisotopic (exact) mass is 288 g/mol. The van der Waals surface area contributed by atoms with Gasteiger partial charge in [-0.15, -0.1) is 0 Å². The van der Waals surface area contributed by atoms with Crippen molar-refractivity contribution in [2.45, 2.75) is 12.4 Å². The molecule has 20 heavy (non-hydrogen) atoms. The zero-order chi connectivity index (χ0) is 14.8. The van der Waals surface area contributed by atoms with Crippen LogP contribution in [0.5, 0.6) is 0 Å². The molecule has 2 heterocycles. The van der Waals surface area contributed by atoms with Gasteiger partial charge in [0, 0.05) is 18.5 Å². The van der Waals surface area contributed by atoms with E-state index >= 15 is 0 Å². The van der Waals surface area contributed by atoms with Gasteiger partial charge in [0.1, 0.15) is 0 Å². The molecule has 0 spiro atoms. The highest BCUT2D eigenvalue weighted by atomic mass is 19.4. The zero-order valence-corrected chi connectivity index (χ0v) is 9.66. The maximum absolute atomic E-state index is 12.0. The van der Waals surface area contributed by atoms with Gasteiger partial charge in [0.25, 0.3) is 0 Å². The molecule has 0 radical (unpaired) electrons. The first-order valence-corrected chi connectivity index (χ1v) is 5.15. The molecule has 0 aliphatic carbocycles. The summed E-state index contributed by atoms with van der Waals surface area (Å²) >= 11 is 0. The van der Waals surface area contributed by atoms with Crippen molar-refractivity contribution in [1.82, 2.24) is 15.1 Å². The highest BCUT2D eigenvalue weighted by Gasteiger charge is 2.42. The molecule has 0 saturated heterocycles. The molecule has 2 rings (SSSR count). The first-order chi connectivity index (χ1) is 9.38. The van der Waals surface area contributed by atoms with Gasteiger partial charge >= 0.3 is 12.1 Å². The van der Waals surface area contributed by atoms with E-state index in [0.29, 0.717) is 0 Å². The fourth-order valence-corrected chi connectivity index (χ4v) is 1.20. The number of esters is 1. The van der Waals surface area contributed by atoms with E-state index in [0.717, 1.165) is 0 Å². The molecule has 0 fully saturated rings. The molecule has 2 aromatic rings. The molecule has 0 saturated carbocycles. The Morgan fingerprint density at radius 3 is 2.60 bits per heavy atom. The van der Waals surface area contributed by atoms with Crippen LogP contribution in [0.4, 0.5) is 13.2 Å². The van der Waals surface area contributed by atoms with Crippen LogP contribution in [0.25, 0.3) is 11.5 Å². The number of hydrogen-bond donors (Lipinski definition) is 1. The number of alkyl halides is 3. The van der Waals surface area contributed by atoms with Crippen LogP contribution in [0.2, 0.25) is 0 Å². The molecule has 106 valence electrons. The van der Waals surface area contributed by atoms with E-state index in [2.05, 4.69) is 19.9 Å². The predicted molar refractivity (Wildman–Crippen MR) is 56.6 cm³/mol. The molecule has 0 aliphatic rings. The number of carbonyl (C=O) groups is 1. The number of halogens is 3. The molecule has 0 aromatic carbocycles. The summed E-state index contributed by atoms with van der Waals surface area (Å²) in [7, 11) is 0. The van der Waals surface area contributed by atoms with Crippen molar-refractivity contribution in [3.05, 3.63) is 30.3 Å². The van der Waals surface area contributed by atoms with E-state index in [1.54, 1.807) is 6.07 Å². The summed E-state index contributed by atoms with van der Waals surface area (Å²) in [6.07, 6.45) is -3.97. The van der Waals surface area contributed by atoms with Crippen LogP contribution in [0.3, 0.4) is 0 Å². The normalized spacial score (nSPS) is 13.0. The van der Waals surface area contributed by atoms with Crippen molar-refractivity contribution < 1.29 is 27.2 Å². The topological polar surface area (TPSA) is 104 Å². The summed E-state index contributed by atoms with van der Waals surface area (Å²) in [5, 5.41) is 3.52. The molecular weight excluding hydrogens is 281 g/mol. The number of carbonyl (C=O) groups excluding carboxylic acids is 1. The molecule has 0 aliphatic heterocycles. The van der Waals surface area contributed by atoms with Gasteiger partial charge in [0.15, 0.2) is 17.3 Å². The van der Waals surface area contributed by atoms with Crippen molar-refractivity contribution in [3.8, 4) is 11.5 Å². The average molecular weight is 288 g/mol. The molecule has 7 nitrogen and oxygen atoms in total. The summed E-state index contributed by atoms with van der Waals surface area (Å²) in [6.45, 7) is 0. The Labute approximate surface area is 109 Å². The number of ether oxygens (including phenoxy) is 1. The quantitative estimate of drug-likeness (QED) is 0.668. The third-order valence-corrected chi connectivity index (χ3v) is 2.07. The lowest BCUT2D eigenvalue weighted by atomic mass is 10.3. The highest BCUT2D eigenvalue weighted by molar-refractivity contribution is 5.75. The minimum absolute atomic E-state index is 0.152. The standard InChI is InChI=1S/C10H7F3N4O3/c11-10(12,13)9(18)19-7(14)6-4-5(17-20-6)8-15-2-1-3-16-8/h1-4,7H,14H2. The van der Waals surface area contributed by atoms with Crippen molar-refractivity contribution in [3.63, 3.8) is 0 Å². The molecule has 0 amide bonds. The summed E-state index contributed by atoms with van der Waals surface area (Å²) in [5.41, 5.74) is 5.42. The van der Waals surface area contributed by atoms with E-state index < -0.39 is 18.4 Å². The van der Waals surface area contributed by atoms with Crippen LogP contribution in [-0.4, -0.2) is 27.3 Å². The Morgan fingerprint density at radius 1 is 1.35 bits per heavy atom. The molecule has 0 bridgehead atoms. The van der Waals surface area contributed by atoms with Crippen molar-refractivity contribution in [2.24, 2.45) is 5.73 Å². The van der Waals surface area contributed by atoms with Gasteiger partial charge < -0.3 is 9.26 Å². The van der Waals surface area contributed by atoms with Gasteiger partial charge in [-0.25, -0.2) is 14.8 Å². The van der Waals surface area contributed by atoms with E-state index in [1.165, 1.54) is 18.5 Å². The second-order valence-electron chi connectivity index (χ2n) is 3.51. The minimum atomic E-state index is -5.14. The van der Waals surface area contributed by atoms with Gasteiger partial charge in [-0.1, -0.05) is 5.16 Å². The summed E-state index contributed by atoms with van der Waals surface area (Å²) in [4.78, 5) is 18.3. The van der Waals surface area contributed by atoms with Gasteiger partial charge in [0.2, 0.25) is 6.23 Å². The van der Waals surface area contributed by atoms with E-state index in [-0.39, 0.29) is 17.3 Å². The fraction of sp³-hybridized carbons (Fsp3) is 0.200. The van der Waals surface area contributed by atoms with Crippen LogP contribution >= 0.6 is 0 Å². The van der Waals surface area contributed by atoms with Crippen molar-refractivity contribution in [2.75, 3.05) is 0 Å². The summed E-state index contributed by atoms with van der Waals surface area (Å²) in [6, 6.07) is 2.75. The lowest BCUT2D eigenvalue weighted by Gasteiger charge is -2.11. The zero-order valence-electron chi connectivity index (χ0n) is 9.66. The van der Waals surface area contributed by atoms with Crippen LogP contribution in [0, 0.1) is 0 Å². The van der Waals surface area contributed by atoms with E-state index in [1.807, 2.05) is 0 Å². The van der Waals surface area contributed by atoms with Gasteiger partial charge in [0.05, 0.1) is 0 Å². The van der Waals surface area contributed by atoms with Crippen molar-refractivity contribution in [1.29, 1.82) is 0 Å². The molecule has 10 heteroatoms. The minimum Gasteiger partial charge on any atom is -0.432 e. The lowest BCUT2D eigenvalue weighted by molar-refractivity contribution is -0.205. The summed E-state index contributed by atoms with van der Waals surface area (Å²) < 4.78 is 44.7.